The van der Waals surface area contributed by atoms with Crippen LogP contribution >= 0.6 is 27.5 Å². The van der Waals surface area contributed by atoms with E-state index < -0.39 is 0 Å². The Morgan fingerprint density at radius 1 is 1.16 bits per heavy atom. The maximum absolute atomic E-state index is 13.3. The highest BCUT2D eigenvalue weighted by molar-refractivity contribution is 9.10. The molecule has 0 spiro atoms. The van der Waals surface area contributed by atoms with Gasteiger partial charge in [-0.15, -0.1) is 0 Å². The van der Waals surface area contributed by atoms with E-state index in [1.807, 2.05) is 55.5 Å². The minimum atomic E-state index is -0.254. The van der Waals surface area contributed by atoms with Crippen LogP contribution in [0.3, 0.4) is 0 Å². The van der Waals surface area contributed by atoms with E-state index in [1.54, 1.807) is 24.4 Å². The van der Waals surface area contributed by atoms with Gasteiger partial charge in [-0.2, -0.15) is 9.78 Å². The van der Waals surface area contributed by atoms with Gasteiger partial charge in [-0.05, 0) is 53.5 Å². The second-order valence-corrected chi connectivity index (χ2v) is 8.61. The molecule has 0 saturated heterocycles. The standard InChI is InChI=1S/C25H21BrClN3O2/c1-3-16(2)32-23-18(13-19(27)14-21(23)26)15-28-30-24(17-9-5-4-6-10-17)29-22-12-8-7-11-20(22)25(30)31/h4-16H,3H2,1-2H3/t16-/m0/s1. The van der Waals surface area contributed by atoms with Gasteiger partial charge in [0.15, 0.2) is 5.82 Å². The summed E-state index contributed by atoms with van der Waals surface area (Å²) in [5.74, 6) is 1.08. The highest BCUT2D eigenvalue weighted by Crippen LogP contribution is 2.33. The summed E-state index contributed by atoms with van der Waals surface area (Å²) in [6.45, 7) is 4.04. The third kappa shape index (κ3) is 4.61. The van der Waals surface area contributed by atoms with Crippen LogP contribution in [0, 0.1) is 0 Å². The number of para-hydroxylation sites is 1. The first-order valence-corrected chi connectivity index (χ1v) is 11.4. The quantitative estimate of drug-likeness (QED) is 0.277. The Morgan fingerprint density at radius 2 is 1.88 bits per heavy atom. The SMILES string of the molecule is CC[C@H](C)Oc1c(Br)cc(Cl)cc1C=Nn1c(-c2ccccc2)nc2ccccc2c1=O. The number of hydrogen-bond donors (Lipinski definition) is 0. The summed E-state index contributed by atoms with van der Waals surface area (Å²) in [7, 11) is 0. The van der Waals surface area contributed by atoms with Crippen LogP contribution in [0.2, 0.25) is 5.02 Å². The van der Waals surface area contributed by atoms with Crippen LogP contribution in [-0.2, 0) is 0 Å². The predicted molar refractivity (Wildman–Crippen MR) is 134 cm³/mol. The van der Waals surface area contributed by atoms with Crippen molar-refractivity contribution in [3.63, 3.8) is 0 Å². The van der Waals surface area contributed by atoms with E-state index in [0.29, 0.717) is 33.1 Å². The second kappa shape index (κ2) is 9.67. The van der Waals surface area contributed by atoms with Gasteiger partial charge in [0.05, 0.1) is 27.7 Å². The van der Waals surface area contributed by atoms with Crippen LogP contribution in [0.4, 0.5) is 0 Å². The molecule has 1 atom stereocenters. The Bertz CT molecular complexity index is 1350. The van der Waals surface area contributed by atoms with Crippen LogP contribution < -0.4 is 10.3 Å². The van der Waals surface area contributed by atoms with Crippen LogP contribution in [0.25, 0.3) is 22.3 Å². The number of aromatic nitrogens is 2. The Labute approximate surface area is 199 Å². The van der Waals surface area contributed by atoms with Gasteiger partial charge in [-0.1, -0.05) is 61.0 Å². The number of fused-ring (bicyclic) bond motifs is 1. The average Bonchev–Trinajstić information content (AvgIpc) is 2.80. The van der Waals surface area contributed by atoms with Crippen molar-refractivity contribution in [3.8, 4) is 17.1 Å². The fourth-order valence-corrected chi connectivity index (χ4v) is 4.14. The van der Waals surface area contributed by atoms with Gasteiger partial charge in [0.2, 0.25) is 0 Å². The molecule has 0 saturated carbocycles. The van der Waals surface area contributed by atoms with Crippen molar-refractivity contribution in [2.24, 2.45) is 5.10 Å². The Hall–Kier alpha value is -2.96. The minimum absolute atomic E-state index is 0.00423. The monoisotopic (exact) mass is 509 g/mol. The molecule has 0 aliphatic heterocycles. The Morgan fingerprint density at radius 3 is 2.62 bits per heavy atom. The van der Waals surface area contributed by atoms with Crippen molar-refractivity contribution in [1.82, 2.24) is 9.66 Å². The van der Waals surface area contributed by atoms with Gasteiger partial charge in [-0.25, -0.2) is 4.98 Å². The van der Waals surface area contributed by atoms with Gasteiger partial charge >= 0.3 is 0 Å². The molecule has 0 aliphatic carbocycles. The lowest BCUT2D eigenvalue weighted by Gasteiger charge is -2.16. The van der Waals surface area contributed by atoms with Gasteiger partial charge in [0.1, 0.15) is 5.75 Å². The number of rotatable bonds is 6. The van der Waals surface area contributed by atoms with Crippen LogP contribution in [0.1, 0.15) is 25.8 Å². The van der Waals surface area contributed by atoms with E-state index in [1.165, 1.54) is 4.68 Å². The van der Waals surface area contributed by atoms with Crippen LogP contribution in [-0.4, -0.2) is 22.0 Å². The Kier molecular flexibility index (Phi) is 6.72. The summed E-state index contributed by atoms with van der Waals surface area (Å²) in [6.07, 6.45) is 2.43. The van der Waals surface area contributed by atoms with Gasteiger partial charge < -0.3 is 4.74 Å². The molecule has 0 aliphatic rings. The topological polar surface area (TPSA) is 56.5 Å². The second-order valence-electron chi connectivity index (χ2n) is 7.32. The zero-order valence-electron chi connectivity index (χ0n) is 17.6. The zero-order chi connectivity index (χ0) is 22.7. The van der Waals surface area contributed by atoms with E-state index >= 15 is 0 Å². The number of benzene rings is 3. The van der Waals surface area contributed by atoms with E-state index in [4.69, 9.17) is 21.3 Å². The molecule has 0 N–H and O–H groups in total. The molecule has 162 valence electrons. The predicted octanol–water partition coefficient (Wildman–Crippen LogP) is 6.54. The summed E-state index contributed by atoms with van der Waals surface area (Å²) < 4.78 is 8.12. The van der Waals surface area contributed by atoms with Gasteiger partial charge in [-0.3, -0.25) is 4.79 Å². The van der Waals surface area contributed by atoms with Crippen molar-refractivity contribution in [2.75, 3.05) is 0 Å². The fourth-order valence-electron chi connectivity index (χ4n) is 3.21. The molecule has 1 aromatic heterocycles. The van der Waals surface area contributed by atoms with Crippen LogP contribution in [0.15, 0.2) is 81.1 Å². The summed E-state index contributed by atoms with van der Waals surface area (Å²) in [5, 5.41) is 5.56. The lowest BCUT2D eigenvalue weighted by Crippen LogP contribution is -2.20. The van der Waals surface area contributed by atoms with Gasteiger partial charge in [0, 0.05) is 16.1 Å². The van der Waals surface area contributed by atoms with Gasteiger partial charge in [0.25, 0.3) is 5.56 Å². The number of nitrogens with zero attached hydrogens (tertiary/aromatic N) is 3. The molecule has 0 fully saturated rings. The molecule has 0 radical (unpaired) electrons. The molecule has 4 aromatic rings. The first kappa shape index (κ1) is 22.2. The summed E-state index contributed by atoms with van der Waals surface area (Å²) in [5.41, 5.74) is 1.81. The van der Waals surface area contributed by atoms with E-state index in [-0.39, 0.29) is 11.7 Å². The molecule has 0 unspecified atom stereocenters. The lowest BCUT2D eigenvalue weighted by atomic mass is 10.2. The normalized spacial score (nSPS) is 12.4. The fraction of sp³-hybridized carbons (Fsp3) is 0.160. The summed E-state index contributed by atoms with van der Waals surface area (Å²) in [4.78, 5) is 18.0. The summed E-state index contributed by atoms with van der Waals surface area (Å²) in [6, 6.07) is 20.3. The third-order valence-electron chi connectivity index (χ3n) is 5.03. The molecule has 0 bridgehead atoms. The molecule has 7 heteroatoms. The first-order chi connectivity index (χ1) is 15.5. The van der Waals surface area contributed by atoms with E-state index in [2.05, 4.69) is 28.0 Å². The third-order valence-corrected chi connectivity index (χ3v) is 5.84. The maximum atomic E-state index is 13.3. The number of hydrogen-bond acceptors (Lipinski definition) is 4. The van der Waals surface area contributed by atoms with E-state index in [9.17, 15) is 4.79 Å². The van der Waals surface area contributed by atoms with Crippen molar-refractivity contribution < 1.29 is 4.74 Å². The maximum Gasteiger partial charge on any atom is 0.282 e. The van der Waals surface area contributed by atoms with Crippen molar-refractivity contribution in [3.05, 3.63) is 92.1 Å². The molecule has 3 aromatic carbocycles. The van der Waals surface area contributed by atoms with Crippen LogP contribution in [0.5, 0.6) is 5.75 Å². The molecule has 5 nitrogen and oxygen atoms in total. The largest absolute Gasteiger partial charge is 0.489 e. The Balaban J connectivity index is 1.90. The number of halogens is 2. The summed E-state index contributed by atoms with van der Waals surface area (Å²) >= 11 is 9.81. The minimum Gasteiger partial charge on any atom is -0.489 e. The molecule has 0 amide bonds. The molecule has 32 heavy (non-hydrogen) atoms. The highest BCUT2D eigenvalue weighted by Gasteiger charge is 2.14. The molecular weight excluding hydrogens is 490 g/mol. The zero-order valence-corrected chi connectivity index (χ0v) is 20.0. The molecule has 1 heterocycles. The molecule has 4 rings (SSSR count). The molecular formula is C25H21BrClN3O2. The van der Waals surface area contributed by atoms with Crippen molar-refractivity contribution in [1.29, 1.82) is 0 Å². The number of ether oxygens (including phenoxy) is 1. The van der Waals surface area contributed by atoms with Crippen molar-refractivity contribution in [2.45, 2.75) is 26.4 Å². The highest BCUT2D eigenvalue weighted by atomic mass is 79.9. The average molecular weight is 511 g/mol. The first-order valence-electron chi connectivity index (χ1n) is 10.2. The lowest BCUT2D eigenvalue weighted by molar-refractivity contribution is 0.215. The van der Waals surface area contributed by atoms with Crippen molar-refractivity contribution >= 4 is 44.6 Å². The smallest absolute Gasteiger partial charge is 0.282 e. The van der Waals surface area contributed by atoms with E-state index in [0.717, 1.165) is 16.5 Å².